The number of nitrogens with zero attached hydrogens (tertiary/aromatic N) is 4. The summed E-state index contributed by atoms with van der Waals surface area (Å²) >= 11 is 0. The Morgan fingerprint density at radius 3 is 2.58 bits per heavy atom. The van der Waals surface area contributed by atoms with Gasteiger partial charge in [0.15, 0.2) is 5.69 Å². The van der Waals surface area contributed by atoms with Gasteiger partial charge in [0.05, 0.1) is 30.0 Å². The third-order valence-electron chi connectivity index (χ3n) is 4.26. The smallest absolute Gasteiger partial charge is 0.158 e. The van der Waals surface area contributed by atoms with Gasteiger partial charge in [0.25, 0.3) is 0 Å². The Hall–Kier alpha value is -2.88. The molecule has 0 atom stereocenters. The highest BCUT2D eigenvalue weighted by Crippen LogP contribution is 2.26. The van der Waals surface area contributed by atoms with Gasteiger partial charge in [-0.05, 0) is 18.8 Å². The van der Waals surface area contributed by atoms with E-state index in [0.717, 1.165) is 12.2 Å². The van der Waals surface area contributed by atoms with E-state index >= 15 is 0 Å². The van der Waals surface area contributed by atoms with Crippen LogP contribution in [0.4, 0.5) is 23.0 Å². The van der Waals surface area contributed by atoms with Crippen molar-refractivity contribution in [3.05, 3.63) is 30.4 Å². The third kappa shape index (κ3) is 4.10. The van der Waals surface area contributed by atoms with Crippen molar-refractivity contribution in [1.82, 2.24) is 15.0 Å². The molecule has 0 amide bonds. The van der Waals surface area contributed by atoms with Crippen molar-refractivity contribution >= 4 is 23.0 Å². The second kappa shape index (κ2) is 7.59. The first kappa shape index (κ1) is 16.0. The largest absolute Gasteiger partial charge is 0.396 e. The Bertz CT molecular complexity index is 715. The molecular weight excluding hydrogens is 302 g/mol. The second-order valence-corrected chi connectivity index (χ2v) is 6.07. The highest BCUT2D eigenvalue weighted by Gasteiger charge is 2.13. The first-order valence-electron chi connectivity index (χ1n) is 8.23. The summed E-state index contributed by atoms with van der Waals surface area (Å²) in [6, 6.07) is 3.81. The van der Waals surface area contributed by atoms with Crippen LogP contribution in [0.5, 0.6) is 0 Å². The lowest BCUT2D eigenvalue weighted by Crippen LogP contribution is -2.17. The zero-order chi connectivity index (χ0) is 16.8. The summed E-state index contributed by atoms with van der Waals surface area (Å²) in [5.41, 5.74) is 7.80. The van der Waals surface area contributed by atoms with E-state index in [0.29, 0.717) is 23.2 Å². The molecule has 3 rings (SSSR count). The highest BCUT2D eigenvalue weighted by atomic mass is 15.1. The minimum Gasteiger partial charge on any atom is -0.396 e. The Kier molecular flexibility index (Phi) is 5.06. The first-order chi connectivity index (χ1) is 11.7. The van der Waals surface area contributed by atoms with Gasteiger partial charge >= 0.3 is 0 Å². The number of anilines is 4. The maximum Gasteiger partial charge on any atom is 0.158 e. The zero-order valence-electron chi connectivity index (χ0n) is 13.5. The summed E-state index contributed by atoms with van der Waals surface area (Å²) in [5.74, 6) is 1.88. The van der Waals surface area contributed by atoms with E-state index in [-0.39, 0.29) is 5.69 Å². The van der Waals surface area contributed by atoms with Gasteiger partial charge in [0, 0.05) is 12.6 Å². The SMILES string of the molecule is N#Cc1cnc(Nc2cc(NCC3CCCCC3)c(N)cn2)cn1. The van der Waals surface area contributed by atoms with Gasteiger partial charge in [0.2, 0.25) is 0 Å². The summed E-state index contributed by atoms with van der Waals surface area (Å²) in [4.78, 5) is 12.4. The number of rotatable bonds is 5. The van der Waals surface area contributed by atoms with Crippen LogP contribution in [0.3, 0.4) is 0 Å². The number of hydrogen-bond acceptors (Lipinski definition) is 7. The summed E-state index contributed by atoms with van der Waals surface area (Å²) in [5, 5.41) is 15.3. The van der Waals surface area contributed by atoms with Gasteiger partial charge in [0.1, 0.15) is 17.7 Å². The number of nitrogens with two attached hydrogens (primary N) is 1. The van der Waals surface area contributed by atoms with E-state index in [1.54, 1.807) is 6.20 Å². The predicted octanol–water partition coefficient (Wildman–Crippen LogP) is 3.06. The van der Waals surface area contributed by atoms with Crippen LogP contribution < -0.4 is 16.4 Å². The van der Waals surface area contributed by atoms with E-state index in [1.165, 1.54) is 44.5 Å². The van der Waals surface area contributed by atoms with Crippen molar-refractivity contribution in [2.75, 3.05) is 22.9 Å². The summed E-state index contributed by atoms with van der Waals surface area (Å²) in [6.45, 7) is 0.935. The molecule has 1 aliphatic carbocycles. The van der Waals surface area contributed by atoms with Crippen LogP contribution in [0.25, 0.3) is 0 Å². The molecule has 7 heteroatoms. The summed E-state index contributed by atoms with van der Waals surface area (Å²) in [7, 11) is 0. The Balaban J connectivity index is 1.65. The molecule has 0 aliphatic heterocycles. The molecule has 4 N–H and O–H groups in total. The van der Waals surface area contributed by atoms with E-state index in [4.69, 9.17) is 11.0 Å². The molecule has 2 aromatic rings. The molecule has 0 saturated heterocycles. The monoisotopic (exact) mass is 323 g/mol. The van der Waals surface area contributed by atoms with E-state index < -0.39 is 0 Å². The molecule has 0 radical (unpaired) electrons. The normalized spacial score (nSPS) is 14.8. The van der Waals surface area contributed by atoms with E-state index in [2.05, 4.69) is 25.6 Å². The van der Waals surface area contributed by atoms with Crippen LogP contribution in [0.1, 0.15) is 37.8 Å². The van der Waals surface area contributed by atoms with Crippen LogP contribution in [0.2, 0.25) is 0 Å². The number of nitriles is 1. The molecule has 7 nitrogen and oxygen atoms in total. The zero-order valence-corrected chi connectivity index (χ0v) is 13.5. The molecule has 1 fully saturated rings. The Morgan fingerprint density at radius 1 is 1.08 bits per heavy atom. The van der Waals surface area contributed by atoms with Crippen LogP contribution >= 0.6 is 0 Å². The third-order valence-corrected chi connectivity index (χ3v) is 4.26. The van der Waals surface area contributed by atoms with Crippen molar-refractivity contribution in [3.63, 3.8) is 0 Å². The van der Waals surface area contributed by atoms with Gasteiger partial charge in [-0.2, -0.15) is 5.26 Å². The average molecular weight is 323 g/mol. The number of aromatic nitrogens is 3. The lowest BCUT2D eigenvalue weighted by Gasteiger charge is -2.22. The van der Waals surface area contributed by atoms with Gasteiger partial charge < -0.3 is 16.4 Å². The standard InChI is InChI=1S/C17H21N7/c18-7-13-9-22-17(11-20-13)24-16-6-15(14(19)10-23-16)21-8-12-4-2-1-3-5-12/h6,9-12H,1-5,8,19H2,(H2,21,22,23,24). The van der Waals surface area contributed by atoms with Crippen molar-refractivity contribution in [2.24, 2.45) is 5.92 Å². The van der Waals surface area contributed by atoms with Gasteiger partial charge in [-0.25, -0.2) is 15.0 Å². The highest BCUT2D eigenvalue weighted by molar-refractivity contribution is 5.70. The molecule has 0 aromatic carbocycles. The van der Waals surface area contributed by atoms with Crippen molar-refractivity contribution < 1.29 is 0 Å². The fourth-order valence-electron chi connectivity index (χ4n) is 2.91. The first-order valence-corrected chi connectivity index (χ1v) is 8.23. The molecule has 0 bridgehead atoms. The Morgan fingerprint density at radius 2 is 1.88 bits per heavy atom. The topological polar surface area (TPSA) is 113 Å². The summed E-state index contributed by atoms with van der Waals surface area (Å²) in [6.07, 6.45) is 11.1. The molecule has 124 valence electrons. The van der Waals surface area contributed by atoms with Crippen LogP contribution in [0, 0.1) is 17.2 Å². The number of nitrogens with one attached hydrogen (secondary N) is 2. The van der Waals surface area contributed by atoms with Gasteiger partial charge in [-0.15, -0.1) is 0 Å². The lowest BCUT2D eigenvalue weighted by atomic mass is 9.89. The maximum absolute atomic E-state index is 8.74. The molecule has 2 aromatic heterocycles. The van der Waals surface area contributed by atoms with Gasteiger partial charge in [-0.1, -0.05) is 19.3 Å². The van der Waals surface area contributed by atoms with Crippen molar-refractivity contribution in [1.29, 1.82) is 5.26 Å². The number of nitrogen functional groups attached to an aromatic ring is 1. The molecule has 0 spiro atoms. The maximum atomic E-state index is 8.74. The fraction of sp³-hybridized carbons (Fsp3) is 0.412. The summed E-state index contributed by atoms with van der Waals surface area (Å²) < 4.78 is 0. The lowest BCUT2D eigenvalue weighted by molar-refractivity contribution is 0.373. The molecular formula is C17H21N7. The molecule has 2 heterocycles. The van der Waals surface area contributed by atoms with E-state index in [9.17, 15) is 0 Å². The molecule has 0 unspecified atom stereocenters. The van der Waals surface area contributed by atoms with Crippen LogP contribution in [-0.2, 0) is 0 Å². The number of hydrogen-bond donors (Lipinski definition) is 3. The van der Waals surface area contributed by atoms with Crippen molar-refractivity contribution in [3.8, 4) is 6.07 Å². The fourth-order valence-corrected chi connectivity index (χ4v) is 2.91. The molecule has 24 heavy (non-hydrogen) atoms. The number of pyridine rings is 1. The molecule has 1 aliphatic rings. The Labute approximate surface area is 141 Å². The van der Waals surface area contributed by atoms with Gasteiger partial charge in [-0.3, -0.25) is 0 Å². The minimum absolute atomic E-state index is 0.278. The quantitative estimate of drug-likeness (QED) is 0.775. The molecule has 1 saturated carbocycles. The minimum atomic E-state index is 0.278. The second-order valence-electron chi connectivity index (χ2n) is 6.07. The van der Waals surface area contributed by atoms with Crippen LogP contribution in [0.15, 0.2) is 24.7 Å². The van der Waals surface area contributed by atoms with Crippen LogP contribution in [-0.4, -0.2) is 21.5 Å². The van der Waals surface area contributed by atoms with E-state index in [1.807, 2.05) is 12.1 Å². The predicted molar refractivity (Wildman–Crippen MR) is 93.7 cm³/mol. The average Bonchev–Trinajstić information content (AvgIpc) is 2.63. The van der Waals surface area contributed by atoms with Crippen molar-refractivity contribution in [2.45, 2.75) is 32.1 Å².